The Morgan fingerprint density at radius 3 is 2.66 bits per heavy atom. The van der Waals surface area contributed by atoms with Gasteiger partial charge in [0.25, 0.3) is 0 Å². The van der Waals surface area contributed by atoms with Gasteiger partial charge in [0.2, 0.25) is 5.91 Å². The van der Waals surface area contributed by atoms with Crippen molar-refractivity contribution in [3.63, 3.8) is 0 Å². The van der Waals surface area contributed by atoms with Crippen LogP contribution in [0.1, 0.15) is 58.9 Å². The fraction of sp³-hybridized carbons (Fsp3) is 0.394. The number of imidazole rings is 1. The lowest BCUT2D eigenvalue weighted by atomic mass is 9.90. The van der Waals surface area contributed by atoms with Crippen molar-refractivity contribution in [2.24, 2.45) is 5.92 Å². The smallest absolute Gasteiger partial charge is 0.338 e. The Kier molecular flexibility index (Phi) is 8.64. The van der Waals surface area contributed by atoms with Gasteiger partial charge < -0.3 is 14.6 Å². The van der Waals surface area contributed by atoms with Gasteiger partial charge in [-0.3, -0.25) is 9.69 Å². The zero-order chi connectivity index (χ0) is 31.1. The number of aryl methyl sites for hydroxylation is 3. The van der Waals surface area contributed by atoms with Crippen LogP contribution in [0.2, 0.25) is 10.2 Å². The summed E-state index contributed by atoms with van der Waals surface area (Å²) < 4.78 is 22.6. The summed E-state index contributed by atoms with van der Waals surface area (Å²) in [5.74, 6) is -0.281. The molecule has 1 saturated heterocycles. The highest BCUT2D eigenvalue weighted by Gasteiger charge is 2.48. The number of nitrogens with one attached hydrogen (secondary N) is 1. The van der Waals surface area contributed by atoms with Crippen molar-refractivity contribution in [1.29, 1.82) is 0 Å². The van der Waals surface area contributed by atoms with Crippen molar-refractivity contribution in [2.75, 3.05) is 19.0 Å². The number of carbonyl (C=O) groups is 2. The van der Waals surface area contributed by atoms with Crippen LogP contribution in [-0.2, 0) is 16.1 Å². The van der Waals surface area contributed by atoms with Crippen molar-refractivity contribution in [1.82, 2.24) is 19.4 Å². The van der Waals surface area contributed by atoms with Gasteiger partial charge in [0.15, 0.2) is 11.0 Å². The SMILES string of the molecule is COC(=O)c1ccc2c(nc(C)n2CC[C@H]2CC(c3ccnc(Cl)c3F)[C@H](C(=O)Nc3cccc(Cl)c3)N2CC2CC2)c1C. The molecule has 4 aromatic rings. The number of hydrogen-bond acceptors (Lipinski definition) is 6. The molecular weight excluding hydrogens is 604 g/mol. The molecule has 1 amide bonds. The molecule has 11 heteroatoms. The van der Waals surface area contributed by atoms with E-state index in [0.717, 1.165) is 41.8 Å². The van der Waals surface area contributed by atoms with Crippen molar-refractivity contribution in [3.05, 3.63) is 87.2 Å². The lowest BCUT2D eigenvalue weighted by Gasteiger charge is -2.31. The van der Waals surface area contributed by atoms with E-state index >= 15 is 4.39 Å². The minimum atomic E-state index is -0.613. The van der Waals surface area contributed by atoms with Gasteiger partial charge in [-0.25, -0.2) is 19.2 Å². The van der Waals surface area contributed by atoms with E-state index in [9.17, 15) is 9.59 Å². The second-order valence-corrected chi connectivity index (χ2v) is 12.6. The molecule has 0 radical (unpaired) electrons. The average Bonchev–Trinajstić information content (AvgIpc) is 3.66. The maximum absolute atomic E-state index is 15.5. The fourth-order valence-corrected chi connectivity index (χ4v) is 6.98. The second-order valence-electron chi connectivity index (χ2n) is 11.8. The van der Waals surface area contributed by atoms with Crippen molar-refractivity contribution < 1.29 is 18.7 Å². The summed E-state index contributed by atoms with van der Waals surface area (Å²) in [4.78, 5) is 37.3. The first-order valence-electron chi connectivity index (χ1n) is 14.8. The lowest BCUT2D eigenvalue weighted by molar-refractivity contribution is -0.121. The normalized spacial score (nSPS) is 20.3. The van der Waals surface area contributed by atoms with Gasteiger partial charge >= 0.3 is 5.97 Å². The molecule has 230 valence electrons. The van der Waals surface area contributed by atoms with E-state index in [1.807, 2.05) is 19.9 Å². The van der Waals surface area contributed by atoms with Crippen LogP contribution < -0.4 is 5.32 Å². The molecule has 8 nitrogen and oxygen atoms in total. The molecule has 3 atom stereocenters. The van der Waals surface area contributed by atoms with Crippen LogP contribution in [0.15, 0.2) is 48.7 Å². The van der Waals surface area contributed by atoms with Crippen LogP contribution in [0.25, 0.3) is 11.0 Å². The molecule has 1 aliphatic heterocycles. The zero-order valence-corrected chi connectivity index (χ0v) is 26.3. The first-order valence-corrected chi connectivity index (χ1v) is 15.6. The lowest BCUT2D eigenvalue weighted by Crippen LogP contribution is -2.46. The third-order valence-electron chi connectivity index (χ3n) is 8.99. The molecule has 2 fully saturated rings. The molecule has 6 rings (SSSR count). The van der Waals surface area contributed by atoms with E-state index in [-0.39, 0.29) is 17.1 Å². The van der Waals surface area contributed by atoms with Gasteiger partial charge in [0.05, 0.1) is 29.7 Å². The Bertz CT molecular complexity index is 1740. The number of likely N-dealkylation sites (tertiary alicyclic amines) is 1. The molecule has 1 N–H and O–H groups in total. The molecule has 0 spiro atoms. The van der Waals surface area contributed by atoms with Gasteiger partial charge in [-0.05, 0) is 93.0 Å². The number of fused-ring (bicyclic) bond motifs is 1. The average molecular weight is 639 g/mol. The molecule has 1 saturated carbocycles. The number of pyridine rings is 1. The van der Waals surface area contributed by atoms with Crippen molar-refractivity contribution >= 4 is 51.8 Å². The number of nitrogens with zero attached hydrogens (tertiary/aromatic N) is 4. The molecule has 2 aromatic heterocycles. The van der Waals surface area contributed by atoms with Crippen LogP contribution in [-0.4, -0.2) is 57.0 Å². The van der Waals surface area contributed by atoms with Crippen LogP contribution >= 0.6 is 23.2 Å². The molecule has 2 aliphatic rings. The Labute approximate surface area is 265 Å². The van der Waals surface area contributed by atoms with Crippen molar-refractivity contribution in [3.8, 4) is 0 Å². The highest BCUT2D eigenvalue weighted by molar-refractivity contribution is 6.31. The van der Waals surface area contributed by atoms with E-state index in [1.165, 1.54) is 13.3 Å². The van der Waals surface area contributed by atoms with Gasteiger partial charge in [-0.2, -0.15) is 0 Å². The van der Waals surface area contributed by atoms with E-state index in [1.54, 1.807) is 36.4 Å². The number of anilines is 1. The Balaban J connectivity index is 1.33. The van der Waals surface area contributed by atoms with E-state index in [2.05, 4.69) is 19.8 Å². The van der Waals surface area contributed by atoms with E-state index < -0.39 is 23.7 Å². The predicted octanol–water partition coefficient (Wildman–Crippen LogP) is 6.95. The summed E-state index contributed by atoms with van der Waals surface area (Å²) in [6, 6.07) is 11.7. The number of rotatable bonds is 9. The van der Waals surface area contributed by atoms with Gasteiger partial charge in [0.1, 0.15) is 5.82 Å². The van der Waals surface area contributed by atoms with Gasteiger partial charge in [0, 0.05) is 42.0 Å². The van der Waals surface area contributed by atoms with Crippen LogP contribution in [0.5, 0.6) is 0 Å². The topological polar surface area (TPSA) is 89.3 Å². The molecule has 44 heavy (non-hydrogen) atoms. The number of methoxy groups -OCH3 is 1. The first kappa shape index (κ1) is 30.5. The third-order valence-corrected chi connectivity index (χ3v) is 9.49. The maximum Gasteiger partial charge on any atom is 0.338 e. The monoisotopic (exact) mass is 637 g/mol. The van der Waals surface area contributed by atoms with Crippen molar-refractivity contribution in [2.45, 2.75) is 64.1 Å². The summed E-state index contributed by atoms with van der Waals surface area (Å²) in [5, 5.41) is 3.36. The van der Waals surface area contributed by atoms with E-state index in [0.29, 0.717) is 47.1 Å². The Morgan fingerprint density at radius 2 is 1.93 bits per heavy atom. The number of benzene rings is 2. The van der Waals surface area contributed by atoms with Gasteiger partial charge in [-0.15, -0.1) is 0 Å². The summed E-state index contributed by atoms with van der Waals surface area (Å²) in [6.07, 6.45) is 5.01. The molecule has 1 aliphatic carbocycles. The number of esters is 1. The summed E-state index contributed by atoms with van der Waals surface area (Å²) in [5.41, 5.74) is 3.94. The molecular formula is C33H34Cl2FN5O3. The minimum absolute atomic E-state index is 0.00524. The number of halogens is 3. The molecule has 3 heterocycles. The highest BCUT2D eigenvalue weighted by atomic mass is 35.5. The van der Waals surface area contributed by atoms with Crippen LogP contribution in [0, 0.1) is 25.6 Å². The standard InChI is InChI=1S/C33H34Cl2FN5O3/c1-18-24(33(43)44-3)9-10-27-29(18)38-19(2)40(27)14-12-23-16-26(25-11-13-37-31(35)28(25)36)30(41(23)17-20-7-8-20)32(42)39-22-6-4-5-21(34)15-22/h4-6,9-11,13,15,20,23,26,30H,7-8,12,14,16-17H2,1-3H3,(H,39,42)/t23-,26?,30+/m0/s1. The zero-order valence-electron chi connectivity index (χ0n) is 24.8. The third kappa shape index (κ3) is 5.93. The quantitative estimate of drug-likeness (QED) is 0.158. The van der Waals surface area contributed by atoms with Gasteiger partial charge in [-0.1, -0.05) is 29.3 Å². The minimum Gasteiger partial charge on any atom is -0.465 e. The maximum atomic E-state index is 15.5. The summed E-state index contributed by atoms with van der Waals surface area (Å²) >= 11 is 12.3. The largest absolute Gasteiger partial charge is 0.465 e. The summed E-state index contributed by atoms with van der Waals surface area (Å²) in [6.45, 7) is 5.22. The number of hydrogen-bond donors (Lipinski definition) is 1. The number of carbonyl (C=O) groups excluding carboxylic acids is 2. The fourth-order valence-electron chi connectivity index (χ4n) is 6.62. The number of amides is 1. The second kappa shape index (κ2) is 12.5. The molecule has 0 bridgehead atoms. The number of ether oxygens (including phenoxy) is 1. The first-order chi connectivity index (χ1) is 21.2. The number of aromatic nitrogens is 3. The summed E-state index contributed by atoms with van der Waals surface area (Å²) in [7, 11) is 1.37. The highest BCUT2D eigenvalue weighted by Crippen LogP contribution is 2.44. The Morgan fingerprint density at radius 1 is 1.14 bits per heavy atom. The molecule has 2 aromatic carbocycles. The van der Waals surface area contributed by atoms with Crippen LogP contribution in [0.4, 0.5) is 10.1 Å². The molecule has 1 unspecified atom stereocenters. The Hall–Kier alpha value is -3.53. The predicted molar refractivity (Wildman–Crippen MR) is 169 cm³/mol. The van der Waals surface area contributed by atoms with Crippen LogP contribution in [0.3, 0.4) is 0 Å². The van der Waals surface area contributed by atoms with E-state index in [4.69, 9.17) is 32.9 Å².